The molecule has 2 aromatic rings. The number of amides is 2. The van der Waals surface area contributed by atoms with Crippen molar-refractivity contribution in [1.29, 1.82) is 0 Å². The van der Waals surface area contributed by atoms with E-state index in [1.165, 1.54) is 12.3 Å². The maximum Gasteiger partial charge on any atom is 0.268 e. The smallest absolute Gasteiger partial charge is 0.268 e. The number of carbonyl (C=O) groups is 2. The number of benzene rings is 1. The summed E-state index contributed by atoms with van der Waals surface area (Å²) in [5.74, 6) is -0.178. The molecule has 0 saturated heterocycles. The number of hydrogen-bond donors (Lipinski definition) is 2. The number of rotatable bonds is 6. The van der Waals surface area contributed by atoms with Crippen molar-refractivity contribution in [2.45, 2.75) is 33.2 Å². The van der Waals surface area contributed by atoms with Crippen molar-refractivity contribution in [3.63, 3.8) is 0 Å². The molecular weight excluding hydrogens is 304 g/mol. The summed E-state index contributed by atoms with van der Waals surface area (Å²) < 4.78 is 5.25. The van der Waals surface area contributed by atoms with Crippen LogP contribution < -0.4 is 10.6 Å². The molecule has 5 heteroatoms. The van der Waals surface area contributed by atoms with Crippen molar-refractivity contribution in [3.8, 4) is 0 Å². The Bertz CT molecular complexity index is 733. The first kappa shape index (κ1) is 17.5. The number of aryl methyl sites for hydroxylation is 1. The average Bonchev–Trinajstić information content (AvgIpc) is 3.07. The molecule has 0 bridgehead atoms. The van der Waals surface area contributed by atoms with Gasteiger partial charge in [0.1, 0.15) is 11.5 Å². The van der Waals surface area contributed by atoms with Crippen LogP contribution in [-0.4, -0.2) is 17.9 Å². The Morgan fingerprint density at radius 3 is 2.58 bits per heavy atom. The van der Waals surface area contributed by atoms with Gasteiger partial charge in [0.2, 0.25) is 0 Å². The molecule has 1 atom stereocenters. The summed E-state index contributed by atoms with van der Waals surface area (Å²) in [6.07, 6.45) is 3.83. The number of furan rings is 1. The maximum atomic E-state index is 12.5. The van der Waals surface area contributed by atoms with Gasteiger partial charge in [-0.25, -0.2) is 0 Å². The summed E-state index contributed by atoms with van der Waals surface area (Å²) in [6.45, 7) is 5.74. The topological polar surface area (TPSA) is 71.3 Å². The van der Waals surface area contributed by atoms with Gasteiger partial charge in [0.15, 0.2) is 0 Å². The molecule has 0 aliphatic carbocycles. The molecule has 0 spiro atoms. The van der Waals surface area contributed by atoms with Crippen LogP contribution in [0.1, 0.15) is 41.9 Å². The Balaban J connectivity index is 2.24. The average molecular weight is 326 g/mol. The molecule has 0 aliphatic rings. The van der Waals surface area contributed by atoms with Crippen LogP contribution in [0.4, 0.5) is 0 Å². The van der Waals surface area contributed by atoms with Crippen LogP contribution in [0.5, 0.6) is 0 Å². The molecule has 2 amide bonds. The van der Waals surface area contributed by atoms with Crippen LogP contribution in [0.15, 0.2) is 52.8 Å². The minimum Gasteiger partial charge on any atom is -0.465 e. The van der Waals surface area contributed by atoms with Gasteiger partial charge in [-0.1, -0.05) is 25.1 Å². The lowest BCUT2D eigenvalue weighted by molar-refractivity contribution is -0.118. The fourth-order valence-electron chi connectivity index (χ4n) is 2.09. The first-order valence-corrected chi connectivity index (χ1v) is 7.94. The van der Waals surface area contributed by atoms with Crippen LogP contribution in [-0.2, 0) is 4.79 Å². The van der Waals surface area contributed by atoms with E-state index in [0.717, 1.165) is 12.0 Å². The second-order valence-corrected chi connectivity index (χ2v) is 5.63. The van der Waals surface area contributed by atoms with Crippen LogP contribution >= 0.6 is 0 Å². The van der Waals surface area contributed by atoms with Crippen molar-refractivity contribution in [2.75, 3.05) is 0 Å². The largest absolute Gasteiger partial charge is 0.465 e. The summed E-state index contributed by atoms with van der Waals surface area (Å²) in [5.41, 5.74) is 1.52. The standard InChI is InChI=1S/C19H22N2O3/c1-4-14(3)20-19(23)17(12-15-9-7-11-24-15)21-18(22)16-10-6-5-8-13(16)2/h5-12,14H,4H2,1-3H3,(H,20,23)(H,21,22)/b17-12-/t14-/m0/s1. The second-order valence-electron chi connectivity index (χ2n) is 5.63. The Labute approximate surface area is 141 Å². The molecule has 0 saturated carbocycles. The minimum absolute atomic E-state index is 0.00728. The molecule has 0 aliphatic heterocycles. The van der Waals surface area contributed by atoms with Gasteiger partial charge in [-0.3, -0.25) is 9.59 Å². The number of nitrogens with one attached hydrogen (secondary N) is 2. The zero-order valence-corrected chi connectivity index (χ0v) is 14.1. The first-order valence-electron chi connectivity index (χ1n) is 7.94. The Morgan fingerprint density at radius 1 is 1.21 bits per heavy atom. The molecule has 126 valence electrons. The van der Waals surface area contributed by atoms with Gasteiger partial charge >= 0.3 is 0 Å². The molecule has 0 fully saturated rings. The molecule has 1 heterocycles. The molecule has 1 aromatic heterocycles. The van der Waals surface area contributed by atoms with Gasteiger partial charge in [0.05, 0.1) is 6.26 Å². The van der Waals surface area contributed by atoms with Crippen LogP contribution in [0.3, 0.4) is 0 Å². The Morgan fingerprint density at radius 2 is 1.96 bits per heavy atom. The van der Waals surface area contributed by atoms with E-state index in [1.54, 1.807) is 24.3 Å². The summed E-state index contributed by atoms with van der Waals surface area (Å²) in [7, 11) is 0. The fraction of sp³-hybridized carbons (Fsp3) is 0.263. The van der Waals surface area contributed by atoms with E-state index in [1.807, 2.05) is 32.9 Å². The normalized spacial score (nSPS) is 12.5. The molecule has 24 heavy (non-hydrogen) atoms. The highest BCUT2D eigenvalue weighted by atomic mass is 16.3. The molecule has 5 nitrogen and oxygen atoms in total. The summed E-state index contributed by atoms with van der Waals surface area (Å²) in [4.78, 5) is 25.0. The van der Waals surface area contributed by atoms with Crippen LogP contribution in [0.25, 0.3) is 6.08 Å². The highest BCUT2D eigenvalue weighted by Crippen LogP contribution is 2.10. The minimum atomic E-state index is -0.345. The third-order valence-electron chi connectivity index (χ3n) is 3.70. The predicted octanol–water partition coefficient (Wildman–Crippen LogP) is 3.27. The van der Waals surface area contributed by atoms with Gasteiger partial charge in [0, 0.05) is 17.7 Å². The highest BCUT2D eigenvalue weighted by Gasteiger charge is 2.17. The van der Waals surface area contributed by atoms with E-state index in [0.29, 0.717) is 11.3 Å². The first-order chi connectivity index (χ1) is 11.5. The van der Waals surface area contributed by atoms with Gasteiger partial charge in [-0.2, -0.15) is 0 Å². The summed E-state index contributed by atoms with van der Waals surface area (Å²) >= 11 is 0. The second kappa shape index (κ2) is 8.15. The lowest BCUT2D eigenvalue weighted by Crippen LogP contribution is -2.39. The van der Waals surface area contributed by atoms with Crippen molar-refractivity contribution >= 4 is 17.9 Å². The third-order valence-corrected chi connectivity index (χ3v) is 3.70. The van der Waals surface area contributed by atoms with Crippen LogP contribution in [0, 0.1) is 6.92 Å². The predicted molar refractivity (Wildman–Crippen MR) is 93.2 cm³/mol. The zero-order valence-electron chi connectivity index (χ0n) is 14.1. The van der Waals surface area contributed by atoms with E-state index in [9.17, 15) is 9.59 Å². The molecule has 1 aromatic carbocycles. The summed E-state index contributed by atoms with van der Waals surface area (Å²) in [5, 5.41) is 5.54. The monoisotopic (exact) mass is 326 g/mol. The molecular formula is C19H22N2O3. The van der Waals surface area contributed by atoms with Crippen molar-refractivity contribution in [1.82, 2.24) is 10.6 Å². The van der Waals surface area contributed by atoms with Gasteiger partial charge in [-0.05, 0) is 44.0 Å². The van der Waals surface area contributed by atoms with Crippen molar-refractivity contribution in [3.05, 3.63) is 65.2 Å². The molecule has 2 rings (SSSR count). The SMILES string of the molecule is CC[C@H](C)NC(=O)/C(=C/c1ccco1)NC(=O)c1ccccc1C. The van der Waals surface area contributed by atoms with E-state index < -0.39 is 0 Å². The lowest BCUT2D eigenvalue weighted by atomic mass is 10.1. The fourth-order valence-corrected chi connectivity index (χ4v) is 2.09. The van der Waals surface area contributed by atoms with Gasteiger partial charge < -0.3 is 15.1 Å². The van der Waals surface area contributed by atoms with E-state index in [-0.39, 0.29) is 23.6 Å². The highest BCUT2D eigenvalue weighted by molar-refractivity contribution is 6.05. The third kappa shape index (κ3) is 4.59. The van der Waals surface area contributed by atoms with Gasteiger partial charge in [-0.15, -0.1) is 0 Å². The molecule has 0 unspecified atom stereocenters. The number of hydrogen-bond acceptors (Lipinski definition) is 3. The van der Waals surface area contributed by atoms with Crippen molar-refractivity contribution < 1.29 is 14.0 Å². The quantitative estimate of drug-likeness (QED) is 0.800. The molecule has 0 radical (unpaired) electrons. The Hall–Kier alpha value is -2.82. The van der Waals surface area contributed by atoms with E-state index in [2.05, 4.69) is 10.6 Å². The molecule has 2 N–H and O–H groups in total. The van der Waals surface area contributed by atoms with Crippen LogP contribution in [0.2, 0.25) is 0 Å². The number of carbonyl (C=O) groups excluding carboxylic acids is 2. The summed E-state index contributed by atoms with van der Waals surface area (Å²) in [6, 6.07) is 10.7. The maximum absolute atomic E-state index is 12.5. The van der Waals surface area contributed by atoms with E-state index >= 15 is 0 Å². The lowest BCUT2D eigenvalue weighted by Gasteiger charge is -2.15. The van der Waals surface area contributed by atoms with E-state index in [4.69, 9.17) is 4.42 Å². The van der Waals surface area contributed by atoms with Gasteiger partial charge in [0.25, 0.3) is 11.8 Å². The Kier molecular flexibility index (Phi) is 5.95. The van der Waals surface area contributed by atoms with Crippen molar-refractivity contribution in [2.24, 2.45) is 0 Å². The zero-order chi connectivity index (χ0) is 17.5.